The van der Waals surface area contributed by atoms with Gasteiger partial charge >= 0.3 is 0 Å². The number of rotatable bonds is 0. The summed E-state index contributed by atoms with van der Waals surface area (Å²) in [5.74, 6) is 2.01. The average molecular weight is 194 g/mol. The highest BCUT2D eigenvalue weighted by molar-refractivity contribution is 4.67. The molecule has 0 bridgehead atoms. The van der Waals surface area contributed by atoms with Gasteiger partial charge in [0.05, 0.1) is 7.18 Å². The molecule has 0 aromatic carbocycles. The molecule has 1 nitrogen and oxygen atoms in total. The molecule has 13 heavy (non-hydrogen) atoms. The van der Waals surface area contributed by atoms with Crippen LogP contribution in [0.2, 0.25) is 0 Å². The van der Waals surface area contributed by atoms with Crippen molar-refractivity contribution in [1.29, 1.82) is 0 Å². The Labute approximate surface area is 83.0 Å². The summed E-state index contributed by atoms with van der Waals surface area (Å²) in [6, 6.07) is 0. The Morgan fingerprint density at radius 1 is 0.846 bits per heavy atom. The zero-order valence-electron chi connectivity index (χ0n) is 9.86. The van der Waals surface area contributed by atoms with Crippen LogP contribution in [0.5, 0.6) is 0 Å². The Balaban J connectivity index is -0.000000178. The van der Waals surface area contributed by atoms with Crippen molar-refractivity contribution in [3.63, 3.8) is 0 Å². The summed E-state index contributed by atoms with van der Waals surface area (Å²) in [7, 11) is 0.500. The molecule has 1 aliphatic carbocycles. The minimum atomic E-state index is 0. The largest absolute Gasteiger partial charge is 0.412 e. The molecule has 1 aliphatic rings. The van der Waals surface area contributed by atoms with Crippen molar-refractivity contribution in [2.24, 2.45) is 11.8 Å². The third-order valence-corrected chi connectivity index (χ3v) is 2.54. The van der Waals surface area contributed by atoms with Crippen molar-refractivity contribution in [2.75, 3.05) is 7.18 Å². The van der Waals surface area contributed by atoms with Crippen molar-refractivity contribution in [1.82, 2.24) is 0 Å². The van der Waals surface area contributed by atoms with Crippen LogP contribution in [0.1, 0.15) is 53.4 Å². The topological polar surface area (TPSA) is 31.5 Å². The molecular weight excluding hydrogens is 167 g/mol. The SMILES string of the molecule is CC.CC1CCCCC1C.CF.O. The van der Waals surface area contributed by atoms with Gasteiger partial charge in [0, 0.05) is 0 Å². The van der Waals surface area contributed by atoms with E-state index >= 15 is 0 Å². The molecule has 0 radical (unpaired) electrons. The summed E-state index contributed by atoms with van der Waals surface area (Å²) in [5, 5.41) is 0. The van der Waals surface area contributed by atoms with Gasteiger partial charge < -0.3 is 5.48 Å². The monoisotopic (exact) mass is 194 g/mol. The first-order chi connectivity index (χ1) is 5.80. The zero-order chi connectivity index (χ0) is 9.98. The van der Waals surface area contributed by atoms with Crippen LogP contribution in [0.4, 0.5) is 4.39 Å². The zero-order valence-corrected chi connectivity index (χ0v) is 9.86. The van der Waals surface area contributed by atoms with Gasteiger partial charge in [-0.2, -0.15) is 0 Å². The molecule has 1 saturated carbocycles. The number of hydrogen-bond acceptors (Lipinski definition) is 0. The second kappa shape index (κ2) is 14.4. The average Bonchev–Trinajstić information content (AvgIpc) is 2.17. The lowest BCUT2D eigenvalue weighted by Crippen LogP contribution is -2.12. The van der Waals surface area contributed by atoms with Gasteiger partial charge in [0.15, 0.2) is 0 Å². The summed E-state index contributed by atoms with van der Waals surface area (Å²) >= 11 is 0. The maximum Gasteiger partial charge on any atom is 0.0785 e. The highest BCUT2D eigenvalue weighted by Crippen LogP contribution is 2.28. The molecule has 0 saturated heterocycles. The molecular formula is C11H27FO. The van der Waals surface area contributed by atoms with Crippen molar-refractivity contribution >= 4 is 0 Å². The van der Waals surface area contributed by atoms with E-state index < -0.39 is 0 Å². The fourth-order valence-corrected chi connectivity index (χ4v) is 1.50. The van der Waals surface area contributed by atoms with Gasteiger partial charge in [-0.1, -0.05) is 53.4 Å². The maximum atomic E-state index is 9.50. The number of alkyl halides is 1. The number of hydrogen-bond donors (Lipinski definition) is 0. The van der Waals surface area contributed by atoms with E-state index in [9.17, 15) is 4.39 Å². The molecule has 0 heterocycles. The van der Waals surface area contributed by atoms with E-state index in [0.29, 0.717) is 7.18 Å². The lowest BCUT2D eigenvalue weighted by molar-refractivity contribution is 0.277. The van der Waals surface area contributed by atoms with E-state index in [0.717, 1.165) is 11.8 Å². The minimum absolute atomic E-state index is 0. The Morgan fingerprint density at radius 2 is 1.08 bits per heavy atom. The van der Waals surface area contributed by atoms with Crippen LogP contribution >= 0.6 is 0 Å². The van der Waals surface area contributed by atoms with E-state index in [4.69, 9.17) is 0 Å². The first-order valence-corrected chi connectivity index (χ1v) is 5.18. The van der Waals surface area contributed by atoms with Crippen LogP contribution in [0.15, 0.2) is 0 Å². The fraction of sp³-hybridized carbons (Fsp3) is 1.00. The van der Waals surface area contributed by atoms with Crippen molar-refractivity contribution in [3.05, 3.63) is 0 Å². The molecule has 0 aromatic rings. The Kier molecular flexibility index (Phi) is 20.7. The Bertz CT molecular complexity index is 66.5. The summed E-state index contributed by atoms with van der Waals surface area (Å²) in [6.45, 7) is 8.76. The third-order valence-electron chi connectivity index (χ3n) is 2.54. The lowest BCUT2D eigenvalue weighted by Gasteiger charge is -2.24. The molecule has 1 rings (SSSR count). The first-order valence-electron chi connectivity index (χ1n) is 5.18. The smallest absolute Gasteiger partial charge is 0.0785 e. The van der Waals surface area contributed by atoms with Crippen LogP contribution in [-0.4, -0.2) is 12.7 Å². The lowest BCUT2D eigenvalue weighted by atomic mass is 9.82. The molecule has 2 atom stereocenters. The molecule has 0 spiro atoms. The van der Waals surface area contributed by atoms with Crippen LogP contribution in [0.25, 0.3) is 0 Å². The van der Waals surface area contributed by atoms with Crippen molar-refractivity contribution < 1.29 is 9.87 Å². The molecule has 1 fully saturated rings. The van der Waals surface area contributed by atoms with E-state index in [2.05, 4.69) is 13.8 Å². The van der Waals surface area contributed by atoms with Gasteiger partial charge in [-0.15, -0.1) is 0 Å². The second-order valence-electron chi connectivity index (χ2n) is 3.24. The first kappa shape index (κ1) is 18.6. The predicted octanol–water partition coefficient (Wildman–Crippen LogP) is 3.62. The molecule has 84 valence electrons. The van der Waals surface area contributed by atoms with Gasteiger partial charge in [0.1, 0.15) is 0 Å². The molecule has 2 heteroatoms. The van der Waals surface area contributed by atoms with Crippen molar-refractivity contribution in [2.45, 2.75) is 53.4 Å². The fourth-order valence-electron chi connectivity index (χ4n) is 1.50. The molecule has 0 amide bonds. The van der Waals surface area contributed by atoms with Gasteiger partial charge in [0.2, 0.25) is 0 Å². The van der Waals surface area contributed by atoms with Gasteiger partial charge in [-0.05, 0) is 11.8 Å². The quantitative estimate of drug-likeness (QED) is 0.564. The second-order valence-corrected chi connectivity index (χ2v) is 3.24. The van der Waals surface area contributed by atoms with Gasteiger partial charge in [-0.3, -0.25) is 4.39 Å². The summed E-state index contributed by atoms with van der Waals surface area (Å²) in [4.78, 5) is 0. The third kappa shape index (κ3) is 9.81. The molecule has 0 aromatic heterocycles. The summed E-state index contributed by atoms with van der Waals surface area (Å²) < 4.78 is 9.50. The van der Waals surface area contributed by atoms with Crippen LogP contribution in [0, 0.1) is 11.8 Å². The number of halogens is 1. The summed E-state index contributed by atoms with van der Waals surface area (Å²) in [6.07, 6.45) is 5.90. The highest BCUT2D eigenvalue weighted by atomic mass is 19.1. The maximum absolute atomic E-state index is 9.50. The Morgan fingerprint density at radius 3 is 1.23 bits per heavy atom. The van der Waals surface area contributed by atoms with E-state index in [-0.39, 0.29) is 5.48 Å². The highest BCUT2D eigenvalue weighted by Gasteiger charge is 2.15. The van der Waals surface area contributed by atoms with Crippen LogP contribution in [-0.2, 0) is 0 Å². The van der Waals surface area contributed by atoms with Crippen LogP contribution < -0.4 is 0 Å². The van der Waals surface area contributed by atoms with E-state index in [1.807, 2.05) is 13.8 Å². The van der Waals surface area contributed by atoms with Crippen molar-refractivity contribution in [3.8, 4) is 0 Å². The minimum Gasteiger partial charge on any atom is -0.412 e. The van der Waals surface area contributed by atoms with Gasteiger partial charge in [0.25, 0.3) is 0 Å². The van der Waals surface area contributed by atoms with Gasteiger partial charge in [-0.25, -0.2) is 0 Å². The molecule has 2 unspecified atom stereocenters. The molecule has 2 N–H and O–H groups in total. The van der Waals surface area contributed by atoms with E-state index in [1.54, 1.807) is 0 Å². The predicted molar refractivity (Wildman–Crippen MR) is 58.8 cm³/mol. The normalized spacial score (nSPS) is 25.4. The van der Waals surface area contributed by atoms with E-state index in [1.165, 1.54) is 25.7 Å². The summed E-state index contributed by atoms with van der Waals surface area (Å²) in [5.41, 5.74) is 0. The Hall–Kier alpha value is -0.110. The standard InChI is InChI=1S/C8H16.C2H6.CH3F.H2O/c1-7-5-3-4-6-8(7)2;2*1-2;/h7-8H,3-6H2,1-2H3;1-2H3;1H3;1H2. The molecule has 0 aliphatic heterocycles. The van der Waals surface area contributed by atoms with Crippen LogP contribution in [0.3, 0.4) is 0 Å².